The van der Waals surface area contributed by atoms with Gasteiger partial charge in [0.1, 0.15) is 0 Å². The van der Waals surface area contributed by atoms with Crippen molar-refractivity contribution in [2.75, 3.05) is 6.54 Å². The second kappa shape index (κ2) is 4.02. The number of imidazole rings is 1. The van der Waals surface area contributed by atoms with Gasteiger partial charge in [-0.1, -0.05) is 0 Å². The van der Waals surface area contributed by atoms with Crippen LogP contribution in [0.25, 0.3) is 0 Å². The highest BCUT2D eigenvalue weighted by Gasteiger charge is 2.20. The maximum atomic E-state index is 11.7. The maximum Gasteiger partial charge on any atom is 0.374 e. The van der Waals surface area contributed by atoms with Crippen LogP contribution in [-0.2, 0) is 17.8 Å². The molecule has 1 aromatic heterocycles. The fourth-order valence-corrected chi connectivity index (χ4v) is 1.64. The number of nitrogens with zero attached hydrogens (tertiary/aromatic N) is 2. The van der Waals surface area contributed by atoms with Crippen molar-refractivity contribution < 1.29 is 9.53 Å². The first kappa shape index (κ1) is 10.2. The Hall–Kier alpha value is -1.36. The van der Waals surface area contributed by atoms with E-state index in [1.54, 1.807) is 6.20 Å². The van der Waals surface area contributed by atoms with Crippen molar-refractivity contribution >= 4 is 5.97 Å². The summed E-state index contributed by atoms with van der Waals surface area (Å²) in [5.41, 5.74) is 1.04. The minimum Gasteiger partial charge on any atom is -0.457 e. The normalized spacial score (nSPS) is 15.1. The summed E-state index contributed by atoms with van der Waals surface area (Å²) < 4.78 is 7.04. The van der Waals surface area contributed by atoms with Gasteiger partial charge in [0.05, 0.1) is 18.0 Å². The number of esters is 1. The molecule has 5 nitrogen and oxygen atoms in total. The summed E-state index contributed by atoms with van der Waals surface area (Å²) in [5, 5.41) is 3.22. The minimum atomic E-state index is -0.335. The second-order valence-electron chi connectivity index (χ2n) is 3.86. The number of hydrogen-bond donors (Lipinski definition) is 1. The molecule has 0 amide bonds. The summed E-state index contributed by atoms with van der Waals surface area (Å²) >= 11 is 0. The molecule has 0 atom stereocenters. The van der Waals surface area contributed by atoms with Crippen LogP contribution in [0.2, 0.25) is 0 Å². The molecular formula is C10H15N3O2. The third-order valence-electron chi connectivity index (χ3n) is 2.28. The van der Waals surface area contributed by atoms with Crippen molar-refractivity contribution in [2.45, 2.75) is 33.0 Å². The van der Waals surface area contributed by atoms with Crippen molar-refractivity contribution in [1.29, 1.82) is 0 Å². The lowest BCUT2D eigenvalue weighted by Crippen LogP contribution is -2.30. The van der Waals surface area contributed by atoms with Crippen LogP contribution in [0.5, 0.6) is 0 Å². The first-order chi connectivity index (χ1) is 7.18. The third kappa shape index (κ3) is 2.02. The molecule has 0 aliphatic carbocycles. The molecule has 1 aliphatic heterocycles. The third-order valence-corrected chi connectivity index (χ3v) is 2.28. The zero-order chi connectivity index (χ0) is 10.8. The SMILES string of the molecule is CC(C)OC(=O)c1ncc2n1CCNC2. The van der Waals surface area contributed by atoms with E-state index in [0.717, 1.165) is 25.3 Å². The van der Waals surface area contributed by atoms with E-state index in [-0.39, 0.29) is 12.1 Å². The van der Waals surface area contributed by atoms with E-state index in [4.69, 9.17) is 4.74 Å². The molecule has 1 N–H and O–H groups in total. The van der Waals surface area contributed by atoms with Crippen molar-refractivity contribution in [3.8, 4) is 0 Å². The van der Waals surface area contributed by atoms with Crippen LogP contribution in [-0.4, -0.2) is 28.2 Å². The Morgan fingerprint density at radius 3 is 3.20 bits per heavy atom. The summed E-state index contributed by atoms with van der Waals surface area (Å²) in [5.74, 6) is 0.0818. The topological polar surface area (TPSA) is 56.1 Å². The summed E-state index contributed by atoms with van der Waals surface area (Å²) in [6.07, 6.45) is 1.62. The molecule has 2 rings (SSSR count). The largest absolute Gasteiger partial charge is 0.457 e. The molecule has 82 valence electrons. The van der Waals surface area contributed by atoms with E-state index in [0.29, 0.717) is 5.82 Å². The summed E-state index contributed by atoms with van der Waals surface area (Å²) in [4.78, 5) is 15.8. The molecule has 5 heteroatoms. The number of carbonyl (C=O) groups is 1. The Morgan fingerprint density at radius 2 is 2.47 bits per heavy atom. The highest BCUT2D eigenvalue weighted by molar-refractivity contribution is 5.85. The van der Waals surface area contributed by atoms with Crippen molar-refractivity contribution in [2.24, 2.45) is 0 Å². The van der Waals surface area contributed by atoms with Gasteiger partial charge in [-0.2, -0.15) is 0 Å². The number of carbonyl (C=O) groups excluding carboxylic acids is 1. The second-order valence-corrected chi connectivity index (χ2v) is 3.86. The smallest absolute Gasteiger partial charge is 0.374 e. The van der Waals surface area contributed by atoms with Gasteiger partial charge >= 0.3 is 5.97 Å². The predicted molar refractivity (Wildman–Crippen MR) is 54.5 cm³/mol. The summed E-state index contributed by atoms with van der Waals surface area (Å²) in [6, 6.07) is 0. The average Bonchev–Trinajstić information content (AvgIpc) is 2.59. The number of rotatable bonds is 2. The van der Waals surface area contributed by atoms with Gasteiger partial charge in [-0.15, -0.1) is 0 Å². The standard InChI is InChI=1S/C10H15N3O2/c1-7(2)15-10(14)9-12-6-8-5-11-3-4-13(8)9/h6-7,11H,3-5H2,1-2H3. The fraction of sp³-hybridized carbons (Fsp3) is 0.600. The van der Waals surface area contributed by atoms with Gasteiger partial charge in [0.2, 0.25) is 5.82 Å². The molecule has 15 heavy (non-hydrogen) atoms. The lowest BCUT2D eigenvalue weighted by Gasteiger charge is -2.17. The molecule has 1 aromatic rings. The highest BCUT2D eigenvalue weighted by atomic mass is 16.5. The Morgan fingerprint density at radius 1 is 1.67 bits per heavy atom. The quantitative estimate of drug-likeness (QED) is 0.723. The zero-order valence-corrected chi connectivity index (χ0v) is 8.99. The predicted octanol–water partition coefficient (Wildman–Crippen LogP) is 0.551. The first-order valence-electron chi connectivity index (χ1n) is 5.14. The number of ether oxygens (including phenoxy) is 1. The molecule has 0 aromatic carbocycles. The van der Waals surface area contributed by atoms with Crippen LogP contribution in [0.4, 0.5) is 0 Å². The van der Waals surface area contributed by atoms with Crippen molar-refractivity contribution in [1.82, 2.24) is 14.9 Å². The molecule has 0 saturated carbocycles. The van der Waals surface area contributed by atoms with Crippen LogP contribution < -0.4 is 5.32 Å². The van der Waals surface area contributed by atoms with Gasteiger partial charge in [0, 0.05) is 19.6 Å². The van der Waals surface area contributed by atoms with E-state index >= 15 is 0 Å². The van der Waals surface area contributed by atoms with Gasteiger partial charge in [-0.3, -0.25) is 0 Å². The van der Waals surface area contributed by atoms with Crippen LogP contribution >= 0.6 is 0 Å². The van der Waals surface area contributed by atoms with Crippen molar-refractivity contribution in [3.05, 3.63) is 17.7 Å². The summed E-state index contributed by atoms with van der Waals surface area (Å²) in [7, 11) is 0. The molecule has 0 fully saturated rings. The minimum absolute atomic E-state index is 0.104. The van der Waals surface area contributed by atoms with E-state index in [1.807, 2.05) is 18.4 Å². The lowest BCUT2D eigenvalue weighted by molar-refractivity contribution is 0.0356. The Kier molecular flexibility index (Phi) is 2.73. The highest BCUT2D eigenvalue weighted by Crippen LogP contribution is 2.10. The number of nitrogens with one attached hydrogen (secondary N) is 1. The van der Waals surface area contributed by atoms with Crippen LogP contribution in [0.15, 0.2) is 6.20 Å². The Bertz CT molecular complexity index is 371. The van der Waals surface area contributed by atoms with Crippen molar-refractivity contribution in [3.63, 3.8) is 0 Å². The van der Waals surface area contributed by atoms with Gasteiger partial charge in [0.25, 0.3) is 0 Å². The number of aromatic nitrogens is 2. The summed E-state index contributed by atoms with van der Waals surface area (Å²) in [6.45, 7) is 6.07. The number of fused-ring (bicyclic) bond motifs is 1. The molecule has 0 unspecified atom stereocenters. The van der Waals surface area contributed by atoms with E-state index in [9.17, 15) is 4.79 Å². The molecule has 0 bridgehead atoms. The van der Waals surface area contributed by atoms with Gasteiger partial charge in [-0.05, 0) is 13.8 Å². The van der Waals surface area contributed by atoms with Crippen LogP contribution in [0, 0.1) is 0 Å². The van der Waals surface area contributed by atoms with Gasteiger partial charge in [-0.25, -0.2) is 9.78 Å². The molecular weight excluding hydrogens is 194 g/mol. The van der Waals surface area contributed by atoms with E-state index in [1.165, 1.54) is 0 Å². The molecule has 0 radical (unpaired) electrons. The van der Waals surface area contributed by atoms with Crippen LogP contribution in [0.3, 0.4) is 0 Å². The van der Waals surface area contributed by atoms with E-state index in [2.05, 4.69) is 10.3 Å². The molecule has 2 heterocycles. The monoisotopic (exact) mass is 209 g/mol. The van der Waals surface area contributed by atoms with Gasteiger partial charge in [0.15, 0.2) is 0 Å². The average molecular weight is 209 g/mol. The maximum absolute atomic E-state index is 11.7. The van der Waals surface area contributed by atoms with Crippen LogP contribution in [0.1, 0.15) is 30.2 Å². The Balaban J connectivity index is 2.21. The zero-order valence-electron chi connectivity index (χ0n) is 8.99. The van der Waals surface area contributed by atoms with E-state index < -0.39 is 0 Å². The lowest BCUT2D eigenvalue weighted by atomic mass is 10.3. The fourth-order valence-electron chi connectivity index (χ4n) is 1.64. The van der Waals surface area contributed by atoms with Gasteiger partial charge < -0.3 is 14.6 Å². The molecule has 0 saturated heterocycles. The molecule has 0 spiro atoms. The number of hydrogen-bond acceptors (Lipinski definition) is 4. The molecule has 1 aliphatic rings. The first-order valence-corrected chi connectivity index (χ1v) is 5.14. The Labute approximate surface area is 88.4 Å².